The Hall–Kier alpha value is -2.24. The summed E-state index contributed by atoms with van der Waals surface area (Å²) in [6.45, 7) is 7.07. The molecule has 0 radical (unpaired) electrons. The Morgan fingerprint density at radius 2 is 1.77 bits per heavy atom. The van der Waals surface area contributed by atoms with Crippen molar-refractivity contribution in [1.29, 1.82) is 0 Å². The first-order chi connectivity index (χ1) is 10.2. The molecule has 6 nitrogen and oxygen atoms in total. The molecule has 6 heteroatoms. The molecular weight excluding hydrogens is 286 g/mol. The molecule has 0 spiro atoms. The Bertz CT molecular complexity index is 548. The molecule has 0 unspecified atom stereocenters. The Kier molecular flexibility index (Phi) is 5.79. The van der Waals surface area contributed by atoms with Gasteiger partial charge in [0.2, 0.25) is 0 Å². The van der Waals surface area contributed by atoms with E-state index < -0.39 is 17.6 Å². The summed E-state index contributed by atoms with van der Waals surface area (Å²) in [5.74, 6) is -0.149. The van der Waals surface area contributed by atoms with Crippen molar-refractivity contribution in [3.63, 3.8) is 0 Å². The predicted molar refractivity (Wildman–Crippen MR) is 82.3 cm³/mol. The van der Waals surface area contributed by atoms with Crippen LogP contribution in [0.25, 0.3) is 0 Å². The Morgan fingerprint density at radius 3 is 2.27 bits per heavy atom. The van der Waals surface area contributed by atoms with Gasteiger partial charge in [-0.3, -0.25) is 4.79 Å². The third kappa shape index (κ3) is 4.95. The highest BCUT2D eigenvalue weighted by atomic mass is 16.5. The van der Waals surface area contributed by atoms with Crippen LogP contribution in [0.5, 0.6) is 11.5 Å². The molecule has 1 amide bonds. The van der Waals surface area contributed by atoms with Crippen molar-refractivity contribution >= 4 is 11.9 Å². The van der Waals surface area contributed by atoms with E-state index in [1.54, 1.807) is 12.1 Å². The first kappa shape index (κ1) is 17.8. The maximum atomic E-state index is 12.2. The summed E-state index contributed by atoms with van der Waals surface area (Å²) >= 11 is 0. The van der Waals surface area contributed by atoms with Gasteiger partial charge in [-0.2, -0.15) is 0 Å². The van der Waals surface area contributed by atoms with Crippen LogP contribution in [0, 0.1) is 0 Å². The van der Waals surface area contributed by atoms with Gasteiger partial charge < -0.3 is 19.5 Å². The zero-order valence-electron chi connectivity index (χ0n) is 13.9. The number of amides is 1. The monoisotopic (exact) mass is 309 g/mol. The van der Waals surface area contributed by atoms with Crippen molar-refractivity contribution in [3.05, 3.63) is 23.8 Å². The quantitative estimate of drug-likeness (QED) is 0.844. The molecule has 0 aliphatic heterocycles. The predicted octanol–water partition coefficient (Wildman–Crippen LogP) is 2.16. The summed E-state index contributed by atoms with van der Waals surface area (Å²) in [7, 11) is 2.95. The molecular formula is C16H23NO5. The van der Waals surface area contributed by atoms with Gasteiger partial charge in [0.15, 0.2) is 6.10 Å². The van der Waals surface area contributed by atoms with Crippen molar-refractivity contribution < 1.29 is 23.8 Å². The van der Waals surface area contributed by atoms with Crippen molar-refractivity contribution in [2.45, 2.75) is 39.3 Å². The second kappa shape index (κ2) is 7.15. The number of hydrogen-bond acceptors (Lipinski definition) is 5. The lowest BCUT2D eigenvalue weighted by Crippen LogP contribution is -2.46. The number of benzene rings is 1. The number of esters is 1. The van der Waals surface area contributed by atoms with Gasteiger partial charge in [-0.1, -0.05) is 0 Å². The van der Waals surface area contributed by atoms with Crippen LogP contribution in [0.15, 0.2) is 18.2 Å². The summed E-state index contributed by atoms with van der Waals surface area (Å²) in [6.07, 6.45) is -0.914. The second-order valence-corrected chi connectivity index (χ2v) is 5.85. The normalized spacial score (nSPS) is 12.3. The maximum Gasteiger partial charge on any atom is 0.342 e. The zero-order chi connectivity index (χ0) is 16.9. The summed E-state index contributed by atoms with van der Waals surface area (Å²) in [5, 5.41) is 2.75. The van der Waals surface area contributed by atoms with Crippen molar-refractivity contribution in [2.75, 3.05) is 14.2 Å². The molecule has 0 aliphatic rings. The fourth-order valence-corrected chi connectivity index (χ4v) is 1.72. The number of nitrogens with one attached hydrogen (secondary N) is 1. The topological polar surface area (TPSA) is 73.9 Å². The fraction of sp³-hybridized carbons (Fsp3) is 0.500. The van der Waals surface area contributed by atoms with Crippen LogP contribution in [-0.4, -0.2) is 37.7 Å². The molecule has 0 aliphatic carbocycles. The molecule has 0 bridgehead atoms. The third-order valence-electron chi connectivity index (χ3n) is 2.78. The molecule has 1 N–H and O–H groups in total. The smallest absolute Gasteiger partial charge is 0.342 e. The summed E-state index contributed by atoms with van der Waals surface area (Å²) in [4.78, 5) is 24.2. The van der Waals surface area contributed by atoms with E-state index in [9.17, 15) is 9.59 Å². The van der Waals surface area contributed by atoms with Crippen LogP contribution in [0.4, 0.5) is 0 Å². The molecule has 1 aromatic rings. The van der Waals surface area contributed by atoms with Crippen molar-refractivity contribution in [1.82, 2.24) is 5.32 Å². The average Bonchev–Trinajstić information content (AvgIpc) is 2.44. The highest BCUT2D eigenvalue weighted by Gasteiger charge is 2.24. The minimum absolute atomic E-state index is 0.206. The first-order valence-corrected chi connectivity index (χ1v) is 6.93. The number of hydrogen-bond donors (Lipinski definition) is 1. The molecule has 1 aromatic carbocycles. The van der Waals surface area contributed by atoms with Crippen molar-refractivity contribution in [3.8, 4) is 11.5 Å². The van der Waals surface area contributed by atoms with Gasteiger partial charge in [0, 0.05) is 5.54 Å². The molecule has 1 atom stereocenters. The number of ether oxygens (including phenoxy) is 3. The third-order valence-corrected chi connectivity index (χ3v) is 2.78. The largest absolute Gasteiger partial charge is 0.497 e. The number of carbonyl (C=O) groups excluding carboxylic acids is 2. The van der Waals surface area contributed by atoms with E-state index in [0.29, 0.717) is 11.5 Å². The van der Waals surface area contributed by atoms with Crippen LogP contribution >= 0.6 is 0 Å². The van der Waals surface area contributed by atoms with E-state index in [1.165, 1.54) is 27.2 Å². The highest BCUT2D eigenvalue weighted by Crippen LogP contribution is 2.25. The van der Waals surface area contributed by atoms with Gasteiger partial charge in [-0.15, -0.1) is 0 Å². The van der Waals surface area contributed by atoms with Crippen LogP contribution in [0.1, 0.15) is 38.1 Å². The summed E-state index contributed by atoms with van der Waals surface area (Å²) in [6, 6.07) is 4.79. The van der Waals surface area contributed by atoms with E-state index in [-0.39, 0.29) is 11.5 Å². The molecule has 122 valence electrons. The zero-order valence-corrected chi connectivity index (χ0v) is 13.9. The summed E-state index contributed by atoms with van der Waals surface area (Å²) in [5.41, 5.74) is -0.192. The van der Waals surface area contributed by atoms with Gasteiger partial charge in [-0.05, 0) is 45.9 Å². The minimum atomic E-state index is -0.914. The molecule has 0 saturated heterocycles. The van der Waals surface area contributed by atoms with E-state index in [2.05, 4.69) is 5.32 Å². The van der Waals surface area contributed by atoms with Crippen LogP contribution < -0.4 is 14.8 Å². The Labute approximate surface area is 130 Å². The number of carbonyl (C=O) groups is 2. The minimum Gasteiger partial charge on any atom is -0.497 e. The summed E-state index contributed by atoms with van der Waals surface area (Å²) < 4.78 is 15.4. The van der Waals surface area contributed by atoms with E-state index in [0.717, 1.165) is 0 Å². The van der Waals surface area contributed by atoms with Crippen LogP contribution in [0.3, 0.4) is 0 Å². The molecule has 1 rings (SSSR count). The molecule has 0 saturated carbocycles. The van der Waals surface area contributed by atoms with Crippen molar-refractivity contribution in [2.24, 2.45) is 0 Å². The van der Waals surface area contributed by atoms with E-state index in [1.807, 2.05) is 20.8 Å². The fourth-order valence-electron chi connectivity index (χ4n) is 1.72. The lowest BCUT2D eigenvalue weighted by Gasteiger charge is -2.23. The van der Waals surface area contributed by atoms with Gasteiger partial charge in [0.1, 0.15) is 17.1 Å². The van der Waals surface area contributed by atoms with Crippen LogP contribution in [-0.2, 0) is 9.53 Å². The maximum absolute atomic E-state index is 12.2. The van der Waals surface area contributed by atoms with E-state index in [4.69, 9.17) is 14.2 Å². The highest BCUT2D eigenvalue weighted by molar-refractivity contribution is 5.95. The Balaban J connectivity index is 2.86. The lowest BCUT2D eigenvalue weighted by molar-refractivity contribution is -0.130. The molecule has 22 heavy (non-hydrogen) atoms. The molecule has 0 aromatic heterocycles. The van der Waals surface area contributed by atoms with Gasteiger partial charge in [-0.25, -0.2) is 4.79 Å². The SMILES string of the molecule is COc1ccc(OC)c(C(=O)O[C@H](C)C(=O)NC(C)(C)C)c1. The first-order valence-electron chi connectivity index (χ1n) is 6.93. The number of methoxy groups -OCH3 is 2. The van der Waals surface area contributed by atoms with Gasteiger partial charge >= 0.3 is 5.97 Å². The lowest BCUT2D eigenvalue weighted by atomic mass is 10.1. The Morgan fingerprint density at radius 1 is 1.14 bits per heavy atom. The van der Waals surface area contributed by atoms with Gasteiger partial charge in [0.05, 0.1) is 14.2 Å². The molecule has 0 fully saturated rings. The average molecular weight is 309 g/mol. The second-order valence-electron chi connectivity index (χ2n) is 5.85. The standard InChI is InChI=1S/C16H23NO5/c1-10(14(18)17-16(2,3)4)22-15(19)12-9-11(20-5)7-8-13(12)21-6/h7-10H,1-6H3,(H,17,18)/t10-/m1/s1. The van der Waals surface area contributed by atoms with Crippen LogP contribution in [0.2, 0.25) is 0 Å². The van der Waals surface area contributed by atoms with Gasteiger partial charge in [0.25, 0.3) is 5.91 Å². The molecule has 0 heterocycles. The van der Waals surface area contributed by atoms with E-state index >= 15 is 0 Å². The number of rotatable bonds is 5.